The quantitative estimate of drug-likeness (QED) is 0.865. The van der Waals surface area contributed by atoms with E-state index < -0.39 is 0 Å². The van der Waals surface area contributed by atoms with Crippen LogP contribution in [-0.2, 0) is 11.2 Å². The lowest BCUT2D eigenvalue weighted by Gasteiger charge is -2.22. The summed E-state index contributed by atoms with van der Waals surface area (Å²) in [5.74, 6) is 1.46. The number of hydrogen-bond acceptors (Lipinski definition) is 4. The molecule has 1 aromatic heterocycles. The van der Waals surface area contributed by atoms with Crippen molar-refractivity contribution in [1.29, 1.82) is 0 Å². The number of hydrogen-bond donors (Lipinski definition) is 1. The zero-order valence-electron chi connectivity index (χ0n) is 11.0. The number of nitrogens with zero attached hydrogens (tertiary/aromatic N) is 1. The van der Waals surface area contributed by atoms with Crippen molar-refractivity contribution in [2.24, 2.45) is 11.7 Å². The minimum atomic E-state index is 0.145. The summed E-state index contributed by atoms with van der Waals surface area (Å²) in [5.41, 5.74) is 6.75. The third-order valence-corrected chi connectivity index (χ3v) is 3.16. The summed E-state index contributed by atoms with van der Waals surface area (Å²) in [6, 6.07) is 4.11. The number of rotatable bonds is 5. The number of aromatic nitrogens is 1. The van der Waals surface area contributed by atoms with Crippen LogP contribution in [0.1, 0.15) is 25.5 Å². The first-order valence-corrected chi connectivity index (χ1v) is 6.65. The van der Waals surface area contributed by atoms with Crippen molar-refractivity contribution in [3.63, 3.8) is 0 Å². The van der Waals surface area contributed by atoms with Crippen molar-refractivity contribution in [1.82, 2.24) is 4.98 Å². The first kappa shape index (κ1) is 13.3. The van der Waals surface area contributed by atoms with Gasteiger partial charge in [0.25, 0.3) is 0 Å². The van der Waals surface area contributed by atoms with Gasteiger partial charge in [0, 0.05) is 31.4 Å². The molecule has 1 aromatic rings. The molecule has 1 saturated heterocycles. The molecule has 0 radical (unpaired) electrons. The lowest BCUT2D eigenvalue weighted by Crippen LogP contribution is -2.21. The molecule has 0 amide bonds. The highest BCUT2D eigenvalue weighted by atomic mass is 16.5. The third-order valence-electron chi connectivity index (χ3n) is 3.16. The molecule has 2 N–H and O–H groups in total. The number of pyridine rings is 1. The molecule has 4 heteroatoms. The van der Waals surface area contributed by atoms with Gasteiger partial charge in [-0.2, -0.15) is 0 Å². The van der Waals surface area contributed by atoms with E-state index in [1.54, 1.807) is 6.20 Å². The Kier molecular flexibility index (Phi) is 4.96. The smallest absolute Gasteiger partial charge is 0.137 e. The van der Waals surface area contributed by atoms with E-state index in [0.717, 1.165) is 50.5 Å². The second-order valence-electron chi connectivity index (χ2n) is 5.03. The van der Waals surface area contributed by atoms with E-state index in [2.05, 4.69) is 4.98 Å². The molecule has 4 nitrogen and oxygen atoms in total. The van der Waals surface area contributed by atoms with Crippen LogP contribution in [0.25, 0.3) is 0 Å². The second-order valence-corrected chi connectivity index (χ2v) is 5.03. The molecule has 1 aliphatic heterocycles. The zero-order valence-corrected chi connectivity index (χ0v) is 11.0. The number of nitrogens with two attached hydrogens (primary N) is 1. The fourth-order valence-corrected chi connectivity index (χ4v) is 2.07. The average molecular weight is 250 g/mol. The molecule has 1 aliphatic rings. The summed E-state index contributed by atoms with van der Waals surface area (Å²) < 4.78 is 11.1. The summed E-state index contributed by atoms with van der Waals surface area (Å²) >= 11 is 0. The average Bonchev–Trinajstić information content (AvgIpc) is 2.38. The molecule has 0 bridgehead atoms. The van der Waals surface area contributed by atoms with Crippen LogP contribution in [0, 0.1) is 5.92 Å². The van der Waals surface area contributed by atoms with E-state index in [9.17, 15) is 0 Å². The second kappa shape index (κ2) is 6.71. The molecule has 1 fully saturated rings. The van der Waals surface area contributed by atoms with Gasteiger partial charge in [-0.1, -0.05) is 0 Å². The van der Waals surface area contributed by atoms with Gasteiger partial charge in [-0.05, 0) is 37.8 Å². The van der Waals surface area contributed by atoms with Crippen molar-refractivity contribution < 1.29 is 9.47 Å². The normalized spacial score (nSPS) is 18.6. The van der Waals surface area contributed by atoms with Gasteiger partial charge >= 0.3 is 0 Å². The van der Waals surface area contributed by atoms with Crippen LogP contribution in [0.4, 0.5) is 0 Å². The Morgan fingerprint density at radius 3 is 2.83 bits per heavy atom. The molecular formula is C14H22N2O2. The summed E-state index contributed by atoms with van der Waals surface area (Å²) in [5, 5.41) is 0. The predicted octanol–water partition coefficient (Wildman–Crippen LogP) is 1.78. The molecule has 18 heavy (non-hydrogen) atoms. The van der Waals surface area contributed by atoms with E-state index in [1.165, 1.54) is 0 Å². The van der Waals surface area contributed by atoms with Gasteiger partial charge in [-0.15, -0.1) is 0 Å². The fourth-order valence-electron chi connectivity index (χ4n) is 2.07. The van der Waals surface area contributed by atoms with E-state index in [4.69, 9.17) is 15.2 Å². The standard InChI is InChI=1S/C14H22N2O2/c1-11(15)8-13-2-3-14(9-16-13)18-10-12-4-6-17-7-5-12/h2-3,9,11-12H,4-8,10,15H2,1H3. The molecule has 1 atom stereocenters. The van der Waals surface area contributed by atoms with Crippen molar-refractivity contribution in [3.05, 3.63) is 24.0 Å². The Morgan fingerprint density at radius 1 is 1.44 bits per heavy atom. The topological polar surface area (TPSA) is 57.4 Å². The zero-order chi connectivity index (χ0) is 12.8. The third kappa shape index (κ3) is 4.27. The maximum Gasteiger partial charge on any atom is 0.137 e. The highest BCUT2D eigenvalue weighted by molar-refractivity contribution is 5.20. The molecule has 100 valence electrons. The molecule has 2 rings (SSSR count). The van der Waals surface area contributed by atoms with Gasteiger partial charge in [-0.25, -0.2) is 0 Å². The van der Waals surface area contributed by atoms with Crippen LogP contribution < -0.4 is 10.5 Å². The molecule has 1 unspecified atom stereocenters. The van der Waals surface area contributed by atoms with Crippen LogP contribution in [0.3, 0.4) is 0 Å². The summed E-state index contributed by atoms with van der Waals surface area (Å²) in [4.78, 5) is 4.35. The van der Waals surface area contributed by atoms with Crippen molar-refractivity contribution >= 4 is 0 Å². The highest BCUT2D eigenvalue weighted by Crippen LogP contribution is 2.17. The van der Waals surface area contributed by atoms with Gasteiger partial charge in [0.05, 0.1) is 12.8 Å². The van der Waals surface area contributed by atoms with Crippen LogP contribution in [0.2, 0.25) is 0 Å². The molecule has 0 aliphatic carbocycles. The van der Waals surface area contributed by atoms with Gasteiger partial charge < -0.3 is 15.2 Å². The summed E-state index contributed by atoms with van der Waals surface area (Å²) in [6.45, 7) is 4.47. The van der Waals surface area contributed by atoms with Crippen LogP contribution in [0.5, 0.6) is 5.75 Å². The van der Waals surface area contributed by atoms with Crippen LogP contribution >= 0.6 is 0 Å². The summed E-state index contributed by atoms with van der Waals surface area (Å²) in [6.07, 6.45) is 4.78. The van der Waals surface area contributed by atoms with Gasteiger partial charge in [0.2, 0.25) is 0 Å². The van der Waals surface area contributed by atoms with E-state index >= 15 is 0 Å². The maximum absolute atomic E-state index is 5.76. The lowest BCUT2D eigenvalue weighted by atomic mass is 10.0. The van der Waals surface area contributed by atoms with Crippen LogP contribution in [-0.4, -0.2) is 30.8 Å². The van der Waals surface area contributed by atoms with Crippen molar-refractivity contribution in [3.8, 4) is 5.75 Å². The maximum atomic E-state index is 5.76. The summed E-state index contributed by atoms with van der Waals surface area (Å²) in [7, 11) is 0. The molecule has 0 aromatic carbocycles. The van der Waals surface area contributed by atoms with Crippen LogP contribution in [0.15, 0.2) is 18.3 Å². The molecule has 0 saturated carbocycles. The monoisotopic (exact) mass is 250 g/mol. The molecule has 2 heterocycles. The molecule has 0 spiro atoms. The van der Waals surface area contributed by atoms with Gasteiger partial charge in [0.1, 0.15) is 5.75 Å². The van der Waals surface area contributed by atoms with Crippen molar-refractivity contribution in [2.75, 3.05) is 19.8 Å². The Labute approximate surface area is 108 Å². The Morgan fingerprint density at radius 2 is 2.22 bits per heavy atom. The largest absolute Gasteiger partial charge is 0.492 e. The molecular weight excluding hydrogens is 228 g/mol. The fraction of sp³-hybridized carbons (Fsp3) is 0.643. The first-order chi connectivity index (χ1) is 8.74. The Hall–Kier alpha value is -1.13. The SMILES string of the molecule is CC(N)Cc1ccc(OCC2CCOCC2)cn1. The van der Waals surface area contributed by atoms with Gasteiger partial charge in [-0.3, -0.25) is 4.98 Å². The first-order valence-electron chi connectivity index (χ1n) is 6.65. The van der Waals surface area contributed by atoms with Crippen molar-refractivity contribution in [2.45, 2.75) is 32.2 Å². The number of ether oxygens (including phenoxy) is 2. The van der Waals surface area contributed by atoms with E-state index in [-0.39, 0.29) is 6.04 Å². The van der Waals surface area contributed by atoms with E-state index in [0.29, 0.717) is 5.92 Å². The highest BCUT2D eigenvalue weighted by Gasteiger charge is 2.14. The van der Waals surface area contributed by atoms with Gasteiger partial charge in [0.15, 0.2) is 0 Å². The minimum Gasteiger partial charge on any atom is -0.492 e. The lowest BCUT2D eigenvalue weighted by molar-refractivity contribution is 0.0497. The predicted molar refractivity (Wildman–Crippen MR) is 70.6 cm³/mol. The Bertz CT molecular complexity index is 345. The van der Waals surface area contributed by atoms with E-state index in [1.807, 2.05) is 19.1 Å². The minimum absolute atomic E-state index is 0.145. The Balaban J connectivity index is 1.78.